The smallest absolute Gasteiger partial charge is 0.119 e. The molecule has 0 unspecified atom stereocenters. The molecule has 0 amide bonds. The van der Waals surface area contributed by atoms with Crippen LogP contribution in [0.2, 0.25) is 0 Å². The van der Waals surface area contributed by atoms with Crippen LogP contribution in [0.5, 0.6) is 5.75 Å². The highest BCUT2D eigenvalue weighted by Gasteiger charge is 2.00. The molecule has 16 heavy (non-hydrogen) atoms. The number of hydrogen-bond donors (Lipinski definition) is 1. The fourth-order valence-corrected chi connectivity index (χ4v) is 1.38. The van der Waals surface area contributed by atoms with E-state index in [9.17, 15) is 0 Å². The average molecular weight is 223 g/mol. The maximum Gasteiger partial charge on any atom is 0.119 e. The predicted molar refractivity (Wildman–Crippen MR) is 65.6 cm³/mol. The van der Waals surface area contributed by atoms with Gasteiger partial charge in [-0.25, -0.2) is 0 Å². The Morgan fingerprint density at radius 2 is 2.12 bits per heavy atom. The van der Waals surface area contributed by atoms with Crippen molar-refractivity contribution in [1.82, 2.24) is 0 Å². The number of rotatable bonds is 7. The van der Waals surface area contributed by atoms with Crippen molar-refractivity contribution in [3.8, 4) is 5.75 Å². The molecule has 0 aromatic heterocycles. The lowest BCUT2D eigenvalue weighted by Crippen LogP contribution is -2.06. The molecule has 0 aliphatic rings. The second-order valence-electron chi connectivity index (χ2n) is 3.76. The van der Waals surface area contributed by atoms with Crippen molar-refractivity contribution in [1.29, 1.82) is 0 Å². The molecule has 1 aromatic rings. The van der Waals surface area contributed by atoms with Crippen LogP contribution in [0.3, 0.4) is 0 Å². The van der Waals surface area contributed by atoms with Crippen LogP contribution in [0.15, 0.2) is 24.3 Å². The fourth-order valence-electron chi connectivity index (χ4n) is 1.38. The van der Waals surface area contributed by atoms with Gasteiger partial charge in [-0.05, 0) is 31.5 Å². The highest BCUT2D eigenvalue weighted by Crippen LogP contribution is 2.17. The third kappa shape index (κ3) is 4.64. The monoisotopic (exact) mass is 223 g/mol. The number of hydrogen-bond acceptors (Lipinski definition) is 3. The SMILES string of the molecule is CCOCCCOc1cccc([C@@H](C)N)c1. The zero-order valence-corrected chi connectivity index (χ0v) is 10.1. The quantitative estimate of drug-likeness (QED) is 0.722. The van der Waals surface area contributed by atoms with E-state index in [4.69, 9.17) is 15.2 Å². The van der Waals surface area contributed by atoms with Gasteiger partial charge < -0.3 is 15.2 Å². The van der Waals surface area contributed by atoms with Crippen molar-refractivity contribution >= 4 is 0 Å². The summed E-state index contributed by atoms with van der Waals surface area (Å²) in [5, 5.41) is 0. The summed E-state index contributed by atoms with van der Waals surface area (Å²) in [5.41, 5.74) is 6.90. The van der Waals surface area contributed by atoms with Crippen LogP contribution in [-0.2, 0) is 4.74 Å². The summed E-state index contributed by atoms with van der Waals surface area (Å²) in [5.74, 6) is 0.881. The Morgan fingerprint density at radius 1 is 1.31 bits per heavy atom. The summed E-state index contributed by atoms with van der Waals surface area (Å²) in [4.78, 5) is 0. The molecule has 3 nitrogen and oxygen atoms in total. The van der Waals surface area contributed by atoms with Crippen LogP contribution in [-0.4, -0.2) is 19.8 Å². The molecule has 0 radical (unpaired) electrons. The minimum Gasteiger partial charge on any atom is -0.493 e. The summed E-state index contributed by atoms with van der Waals surface area (Å²) in [6, 6.07) is 7.97. The Labute approximate surface area is 97.6 Å². The number of nitrogens with two attached hydrogens (primary N) is 1. The molecule has 90 valence electrons. The van der Waals surface area contributed by atoms with Crippen LogP contribution in [0.4, 0.5) is 0 Å². The van der Waals surface area contributed by atoms with Crippen LogP contribution in [0, 0.1) is 0 Å². The first kappa shape index (κ1) is 13.0. The molecular formula is C13H21NO2. The van der Waals surface area contributed by atoms with Gasteiger partial charge in [0.2, 0.25) is 0 Å². The summed E-state index contributed by atoms with van der Waals surface area (Å²) in [6.45, 7) is 6.16. The Balaban J connectivity index is 2.33. The van der Waals surface area contributed by atoms with Crippen molar-refractivity contribution in [2.45, 2.75) is 26.3 Å². The second kappa shape index (κ2) is 7.25. The third-order valence-electron chi connectivity index (χ3n) is 2.29. The van der Waals surface area contributed by atoms with E-state index in [-0.39, 0.29) is 6.04 Å². The van der Waals surface area contributed by atoms with Crippen molar-refractivity contribution in [2.24, 2.45) is 5.73 Å². The molecule has 1 rings (SSSR count). The minimum atomic E-state index is 0.0481. The van der Waals surface area contributed by atoms with Crippen molar-refractivity contribution in [3.05, 3.63) is 29.8 Å². The lowest BCUT2D eigenvalue weighted by molar-refractivity contribution is 0.131. The summed E-state index contributed by atoms with van der Waals surface area (Å²) in [6.07, 6.45) is 0.913. The van der Waals surface area contributed by atoms with Gasteiger partial charge in [0.05, 0.1) is 6.61 Å². The van der Waals surface area contributed by atoms with Crippen molar-refractivity contribution in [3.63, 3.8) is 0 Å². The van der Waals surface area contributed by atoms with Gasteiger partial charge in [0, 0.05) is 25.7 Å². The van der Waals surface area contributed by atoms with E-state index in [1.165, 1.54) is 0 Å². The van der Waals surface area contributed by atoms with Crippen LogP contribution < -0.4 is 10.5 Å². The van der Waals surface area contributed by atoms with E-state index >= 15 is 0 Å². The topological polar surface area (TPSA) is 44.5 Å². The van der Waals surface area contributed by atoms with E-state index in [0.717, 1.165) is 30.9 Å². The predicted octanol–water partition coefficient (Wildman–Crippen LogP) is 2.51. The van der Waals surface area contributed by atoms with E-state index in [2.05, 4.69) is 0 Å². The van der Waals surface area contributed by atoms with Gasteiger partial charge >= 0.3 is 0 Å². The molecule has 0 aliphatic heterocycles. The molecule has 0 heterocycles. The molecule has 0 saturated heterocycles. The maximum absolute atomic E-state index is 5.80. The van der Waals surface area contributed by atoms with Gasteiger partial charge in [-0.15, -0.1) is 0 Å². The molecule has 0 spiro atoms. The first-order valence-corrected chi connectivity index (χ1v) is 5.80. The Kier molecular flexibility index (Phi) is 5.90. The first-order chi connectivity index (χ1) is 7.74. The summed E-state index contributed by atoms with van der Waals surface area (Å²) in [7, 11) is 0. The summed E-state index contributed by atoms with van der Waals surface area (Å²) >= 11 is 0. The largest absolute Gasteiger partial charge is 0.493 e. The van der Waals surface area contributed by atoms with Gasteiger partial charge in [-0.2, -0.15) is 0 Å². The lowest BCUT2D eigenvalue weighted by atomic mass is 10.1. The average Bonchev–Trinajstić information content (AvgIpc) is 2.29. The zero-order chi connectivity index (χ0) is 11.8. The Morgan fingerprint density at radius 3 is 2.81 bits per heavy atom. The van der Waals surface area contributed by atoms with Gasteiger partial charge in [-0.3, -0.25) is 0 Å². The molecule has 0 fully saturated rings. The van der Waals surface area contributed by atoms with E-state index < -0.39 is 0 Å². The third-order valence-corrected chi connectivity index (χ3v) is 2.29. The fraction of sp³-hybridized carbons (Fsp3) is 0.538. The highest BCUT2D eigenvalue weighted by atomic mass is 16.5. The first-order valence-electron chi connectivity index (χ1n) is 5.80. The van der Waals surface area contributed by atoms with Gasteiger partial charge in [-0.1, -0.05) is 12.1 Å². The van der Waals surface area contributed by atoms with Gasteiger partial charge in [0.1, 0.15) is 5.75 Å². The van der Waals surface area contributed by atoms with Crippen molar-refractivity contribution < 1.29 is 9.47 Å². The molecule has 1 atom stereocenters. The van der Waals surface area contributed by atoms with E-state index in [1.807, 2.05) is 38.1 Å². The van der Waals surface area contributed by atoms with E-state index in [1.54, 1.807) is 0 Å². The lowest BCUT2D eigenvalue weighted by Gasteiger charge is -2.09. The molecule has 0 saturated carbocycles. The standard InChI is InChI=1S/C13H21NO2/c1-3-15-8-5-9-16-13-7-4-6-12(10-13)11(2)14/h4,6-7,10-11H,3,5,8-9,14H2,1-2H3/t11-/m1/s1. The molecule has 1 aromatic carbocycles. The summed E-state index contributed by atoms with van der Waals surface area (Å²) < 4.78 is 10.8. The minimum absolute atomic E-state index is 0.0481. The molecule has 0 aliphatic carbocycles. The van der Waals surface area contributed by atoms with E-state index in [0.29, 0.717) is 6.61 Å². The van der Waals surface area contributed by atoms with Crippen LogP contribution in [0.25, 0.3) is 0 Å². The van der Waals surface area contributed by atoms with Crippen molar-refractivity contribution in [2.75, 3.05) is 19.8 Å². The van der Waals surface area contributed by atoms with Crippen LogP contribution in [0.1, 0.15) is 31.9 Å². The van der Waals surface area contributed by atoms with Crippen LogP contribution >= 0.6 is 0 Å². The molecule has 3 heteroatoms. The Bertz CT molecular complexity index is 300. The zero-order valence-electron chi connectivity index (χ0n) is 10.1. The normalized spacial score (nSPS) is 12.4. The van der Waals surface area contributed by atoms with Gasteiger partial charge in [0.25, 0.3) is 0 Å². The molecule has 0 bridgehead atoms. The number of benzene rings is 1. The highest BCUT2D eigenvalue weighted by molar-refractivity contribution is 5.30. The Hall–Kier alpha value is -1.06. The second-order valence-corrected chi connectivity index (χ2v) is 3.76. The molecular weight excluding hydrogens is 202 g/mol. The maximum atomic E-state index is 5.80. The molecule has 2 N–H and O–H groups in total. The van der Waals surface area contributed by atoms with Gasteiger partial charge in [0.15, 0.2) is 0 Å². The number of ether oxygens (including phenoxy) is 2.